The topological polar surface area (TPSA) is 66.9 Å². The fourth-order valence-corrected chi connectivity index (χ4v) is 5.55. The number of fused-ring (bicyclic) bond motifs is 2. The predicted molar refractivity (Wildman–Crippen MR) is 97.9 cm³/mol. The maximum absolute atomic E-state index is 13.5. The van der Waals surface area contributed by atoms with Gasteiger partial charge in [-0.15, -0.1) is 0 Å². The molecular formula is C19H19FN2O4S. The van der Waals surface area contributed by atoms with E-state index in [0.29, 0.717) is 12.2 Å². The van der Waals surface area contributed by atoms with E-state index in [0.717, 1.165) is 17.3 Å². The summed E-state index contributed by atoms with van der Waals surface area (Å²) in [7, 11) is -0.660. The van der Waals surface area contributed by atoms with Crippen molar-refractivity contribution in [3.63, 3.8) is 0 Å². The van der Waals surface area contributed by atoms with Gasteiger partial charge < -0.3 is 9.64 Å². The van der Waals surface area contributed by atoms with Crippen molar-refractivity contribution >= 4 is 21.6 Å². The van der Waals surface area contributed by atoms with E-state index in [2.05, 4.69) is 0 Å². The molecule has 2 aromatic carbocycles. The van der Waals surface area contributed by atoms with Crippen LogP contribution in [0.1, 0.15) is 12.0 Å². The standard InChI is InChI=1S/C19H19FN2O4S/c1-21-17-7-6-14(26-2)11-16(17)19(18(21)23)8-9-22(12-19)27(24,25)15-5-3-4-13(20)10-15/h3-7,10-11H,8-9,12H2,1-2H3/t19-/m0/s1. The first-order valence-corrected chi connectivity index (χ1v) is 9.96. The zero-order chi connectivity index (χ0) is 19.4. The second-order valence-corrected chi connectivity index (χ2v) is 8.81. The first-order chi connectivity index (χ1) is 12.8. The third kappa shape index (κ3) is 2.55. The second-order valence-electron chi connectivity index (χ2n) is 6.88. The zero-order valence-electron chi connectivity index (χ0n) is 15.0. The minimum absolute atomic E-state index is 0.0230. The number of nitrogens with zero attached hydrogens (tertiary/aromatic N) is 2. The highest BCUT2D eigenvalue weighted by Gasteiger charge is 2.55. The quantitative estimate of drug-likeness (QED) is 0.805. The Morgan fingerprint density at radius 3 is 2.67 bits per heavy atom. The summed E-state index contributed by atoms with van der Waals surface area (Å²) in [6.45, 7) is 0.213. The van der Waals surface area contributed by atoms with Crippen LogP contribution < -0.4 is 9.64 Å². The van der Waals surface area contributed by atoms with Crippen LogP contribution >= 0.6 is 0 Å². The number of methoxy groups -OCH3 is 1. The number of hydrogen-bond donors (Lipinski definition) is 0. The van der Waals surface area contributed by atoms with Gasteiger partial charge in [-0.1, -0.05) is 6.07 Å². The summed E-state index contributed by atoms with van der Waals surface area (Å²) in [6.07, 6.45) is 0.366. The van der Waals surface area contributed by atoms with Gasteiger partial charge in [-0.3, -0.25) is 4.79 Å². The van der Waals surface area contributed by atoms with Crippen LogP contribution in [0.5, 0.6) is 5.75 Å². The van der Waals surface area contributed by atoms with E-state index < -0.39 is 21.3 Å². The van der Waals surface area contributed by atoms with Gasteiger partial charge in [0, 0.05) is 25.8 Å². The average Bonchev–Trinajstić information content (AvgIpc) is 3.20. The molecule has 0 radical (unpaired) electrons. The highest BCUT2D eigenvalue weighted by atomic mass is 32.2. The Bertz CT molecular complexity index is 1040. The van der Waals surface area contributed by atoms with Crippen LogP contribution in [-0.2, 0) is 20.2 Å². The van der Waals surface area contributed by atoms with E-state index in [-0.39, 0.29) is 23.9 Å². The number of hydrogen-bond acceptors (Lipinski definition) is 4. The molecule has 8 heteroatoms. The number of anilines is 1. The van der Waals surface area contributed by atoms with Gasteiger partial charge in [0.15, 0.2) is 0 Å². The third-order valence-electron chi connectivity index (χ3n) is 5.46. The summed E-state index contributed by atoms with van der Waals surface area (Å²) in [5.41, 5.74) is 0.580. The Kier molecular flexibility index (Phi) is 4.01. The maximum atomic E-state index is 13.5. The van der Waals surface area contributed by atoms with Crippen molar-refractivity contribution in [1.29, 1.82) is 0 Å². The van der Waals surface area contributed by atoms with Crippen molar-refractivity contribution < 1.29 is 22.3 Å². The van der Waals surface area contributed by atoms with E-state index in [1.54, 1.807) is 31.2 Å². The van der Waals surface area contributed by atoms with Gasteiger partial charge in [-0.2, -0.15) is 4.31 Å². The minimum Gasteiger partial charge on any atom is -0.497 e. The number of rotatable bonds is 3. The van der Waals surface area contributed by atoms with Gasteiger partial charge in [-0.05, 0) is 48.4 Å². The number of carbonyl (C=O) groups is 1. The molecule has 2 heterocycles. The Hall–Kier alpha value is -2.45. The number of ether oxygens (including phenoxy) is 1. The molecule has 2 aromatic rings. The van der Waals surface area contributed by atoms with E-state index >= 15 is 0 Å². The van der Waals surface area contributed by atoms with Crippen molar-refractivity contribution in [2.75, 3.05) is 32.1 Å². The van der Waals surface area contributed by atoms with Crippen molar-refractivity contribution in [1.82, 2.24) is 4.31 Å². The molecule has 27 heavy (non-hydrogen) atoms. The van der Waals surface area contributed by atoms with Crippen LogP contribution in [0.25, 0.3) is 0 Å². The molecule has 1 spiro atoms. The Morgan fingerprint density at radius 2 is 1.96 bits per heavy atom. The molecule has 1 saturated heterocycles. The lowest BCUT2D eigenvalue weighted by Gasteiger charge is -2.23. The van der Waals surface area contributed by atoms with Gasteiger partial charge in [-0.25, -0.2) is 12.8 Å². The minimum atomic E-state index is -3.89. The van der Waals surface area contributed by atoms with Crippen molar-refractivity contribution in [3.8, 4) is 5.75 Å². The molecule has 4 rings (SSSR count). The number of likely N-dealkylation sites (N-methyl/N-ethyl adjacent to an activating group) is 1. The molecule has 0 bridgehead atoms. The third-order valence-corrected chi connectivity index (χ3v) is 7.30. The number of amides is 1. The SMILES string of the molecule is COc1ccc2c(c1)[C@@]1(CCN(S(=O)(=O)c3cccc(F)c3)C1)C(=O)N2C. The van der Waals surface area contributed by atoms with Gasteiger partial charge >= 0.3 is 0 Å². The number of benzene rings is 2. The Balaban J connectivity index is 1.75. The molecular weight excluding hydrogens is 371 g/mol. The highest BCUT2D eigenvalue weighted by Crippen LogP contribution is 2.48. The van der Waals surface area contributed by atoms with Crippen molar-refractivity contribution in [2.45, 2.75) is 16.7 Å². The second kappa shape index (κ2) is 6.03. The van der Waals surface area contributed by atoms with Crippen molar-refractivity contribution in [3.05, 3.63) is 53.8 Å². The monoisotopic (exact) mass is 390 g/mol. The molecule has 0 unspecified atom stereocenters. The molecule has 6 nitrogen and oxygen atoms in total. The van der Waals surface area contributed by atoms with E-state index in [1.165, 1.54) is 22.5 Å². The highest BCUT2D eigenvalue weighted by molar-refractivity contribution is 7.89. The molecule has 0 saturated carbocycles. The van der Waals surface area contributed by atoms with Crippen LogP contribution in [0.2, 0.25) is 0 Å². The van der Waals surface area contributed by atoms with E-state index in [4.69, 9.17) is 4.74 Å². The first-order valence-electron chi connectivity index (χ1n) is 8.52. The van der Waals surface area contributed by atoms with Crippen LogP contribution in [-0.4, -0.2) is 45.9 Å². The predicted octanol–water partition coefficient (Wildman–Crippen LogP) is 2.14. The molecule has 0 aromatic heterocycles. The van der Waals surface area contributed by atoms with Crippen LogP contribution in [0.15, 0.2) is 47.4 Å². The smallest absolute Gasteiger partial charge is 0.243 e. The lowest BCUT2D eigenvalue weighted by molar-refractivity contribution is -0.122. The van der Waals surface area contributed by atoms with Crippen molar-refractivity contribution in [2.24, 2.45) is 0 Å². The number of carbonyl (C=O) groups excluding carboxylic acids is 1. The molecule has 2 aliphatic heterocycles. The lowest BCUT2D eigenvalue weighted by Crippen LogP contribution is -2.42. The maximum Gasteiger partial charge on any atom is 0.243 e. The molecule has 1 amide bonds. The molecule has 1 atom stereocenters. The normalized spacial score (nSPS) is 22.5. The fraction of sp³-hybridized carbons (Fsp3) is 0.316. The summed E-state index contributed by atoms with van der Waals surface area (Å²) in [5, 5.41) is 0. The van der Waals surface area contributed by atoms with Crippen LogP contribution in [0, 0.1) is 5.82 Å². The average molecular weight is 390 g/mol. The van der Waals surface area contributed by atoms with Crippen LogP contribution in [0.4, 0.5) is 10.1 Å². The molecule has 0 N–H and O–H groups in total. The number of sulfonamides is 1. The molecule has 0 aliphatic carbocycles. The zero-order valence-corrected chi connectivity index (χ0v) is 15.8. The summed E-state index contributed by atoms with van der Waals surface area (Å²) in [4.78, 5) is 14.5. The van der Waals surface area contributed by atoms with E-state index in [1.807, 2.05) is 6.07 Å². The Morgan fingerprint density at radius 1 is 1.19 bits per heavy atom. The summed E-state index contributed by atoms with van der Waals surface area (Å²) >= 11 is 0. The number of halogens is 1. The molecule has 2 aliphatic rings. The van der Waals surface area contributed by atoms with E-state index in [9.17, 15) is 17.6 Å². The largest absolute Gasteiger partial charge is 0.497 e. The summed E-state index contributed by atoms with van der Waals surface area (Å²) in [6, 6.07) is 10.3. The lowest BCUT2D eigenvalue weighted by atomic mass is 9.81. The first kappa shape index (κ1) is 17.9. The summed E-state index contributed by atoms with van der Waals surface area (Å²) in [5.74, 6) is -0.137. The van der Waals surface area contributed by atoms with Gasteiger partial charge in [0.1, 0.15) is 11.6 Å². The van der Waals surface area contributed by atoms with Gasteiger partial charge in [0.05, 0.1) is 17.4 Å². The summed E-state index contributed by atoms with van der Waals surface area (Å²) < 4.78 is 46.0. The van der Waals surface area contributed by atoms with Crippen LogP contribution in [0.3, 0.4) is 0 Å². The van der Waals surface area contributed by atoms with Gasteiger partial charge in [0.2, 0.25) is 15.9 Å². The van der Waals surface area contributed by atoms with Gasteiger partial charge in [0.25, 0.3) is 0 Å². The Labute approximate surface area is 157 Å². The fourth-order valence-electron chi connectivity index (χ4n) is 4.01. The molecule has 1 fully saturated rings. The molecule has 142 valence electrons.